The maximum absolute atomic E-state index is 12.8. The number of ether oxygens (including phenoxy) is 2. The zero-order valence-electron chi connectivity index (χ0n) is 35.1. The van der Waals surface area contributed by atoms with Crippen LogP contribution in [0.25, 0.3) is 0 Å². The zero-order valence-corrected chi connectivity index (χ0v) is 36.0. The van der Waals surface area contributed by atoms with Crippen LogP contribution in [0.15, 0.2) is 36.5 Å². The SMILES string of the molecule is CCCCC/C=C\C=C\C(=O)CCCCCCCC(=O)OC[C@H](COP(=O)(O)OC1[C@H](O)[C@H](O)C(O)[C@H](O)[C@H]1O)OC(=O)CCCCCCC/C=C\CCCCCC. The number of hydrogen-bond acceptors (Lipinski definition) is 13. The fourth-order valence-electron chi connectivity index (χ4n) is 6.32. The van der Waals surface area contributed by atoms with E-state index >= 15 is 0 Å². The minimum atomic E-state index is -5.14. The Morgan fingerprint density at radius 1 is 0.569 bits per heavy atom. The Hall–Kier alpha value is -2.26. The van der Waals surface area contributed by atoms with E-state index in [-0.39, 0.29) is 18.6 Å². The summed E-state index contributed by atoms with van der Waals surface area (Å²) in [5.41, 5.74) is 0. The van der Waals surface area contributed by atoms with Gasteiger partial charge in [-0.05, 0) is 63.9 Å². The second-order valence-electron chi connectivity index (χ2n) is 15.2. The van der Waals surface area contributed by atoms with E-state index in [2.05, 4.69) is 32.1 Å². The zero-order chi connectivity index (χ0) is 43.0. The first kappa shape index (κ1) is 53.8. The lowest BCUT2D eigenvalue weighted by Crippen LogP contribution is -2.64. The summed E-state index contributed by atoms with van der Waals surface area (Å²) in [4.78, 5) is 47.6. The molecule has 1 saturated carbocycles. The molecule has 0 aromatic carbocycles. The first-order valence-electron chi connectivity index (χ1n) is 21.7. The molecule has 0 aliphatic heterocycles. The molecule has 0 amide bonds. The Kier molecular flexibility index (Phi) is 31.0. The third-order valence-corrected chi connectivity index (χ3v) is 10.9. The average Bonchev–Trinajstić information content (AvgIpc) is 3.20. The van der Waals surface area contributed by atoms with Gasteiger partial charge in [0.05, 0.1) is 6.61 Å². The van der Waals surface area contributed by atoms with E-state index in [1.54, 1.807) is 12.2 Å². The number of ketones is 1. The first-order valence-corrected chi connectivity index (χ1v) is 23.2. The Bertz CT molecular complexity index is 1220. The van der Waals surface area contributed by atoms with Crippen molar-refractivity contribution in [2.24, 2.45) is 0 Å². The van der Waals surface area contributed by atoms with E-state index in [1.807, 2.05) is 6.08 Å². The molecule has 58 heavy (non-hydrogen) atoms. The van der Waals surface area contributed by atoms with Gasteiger partial charge in [0.1, 0.15) is 43.2 Å². The van der Waals surface area contributed by atoms with Crippen molar-refractivity contribution in [3.05, 3.63) is 36.5 Å². The van der Waals surface area contributed by atoms with Crippen LogP contribution in [-0.2, 0) is 37.5 Å². The molecule has 0 aromatic rings. The molecular formula is C43H75O14P. The number of esters is 2. The Labute approximate surface area is 346 Å². The number of rotatable bonds is 35. The van der Waals surface area contributed by atoms with Crippen LogP contribution in [0.4, 0.5) is 0 Å². The quantitative estimate of drug-likeness (QED) is 0.00942. The van der Waals surface area contributed by atoms with Gasteiger partial charge in [0.25, 0.3) is 0 Å². The van der Waals surface area contributed by atoms with Gasteiger partial charge >= 0.3 is 19.8 Å². The number of carbonyl (C=O) groups is 3. The van der Waals surface area contributed by atoms with Crippen LogP contribution in [0, 0.1) is 0 Å². The maximum Gasteiger partial charge on any atom is 0.472 e. The van der Waals surface area contributed by atoms with Gasteiger partial charge < -0.3 is 39.9 Å². The Morgan fingerprint density at radius 2 is 1.03 bits per heavy atom. The molecule has 0 radical (unpaired) electrons. The van der Waals surface area contributed by atoms with Crippen LogP contribution >= 0.6 is 7.82 Å². The second kappa shape index (κ2) is 33.5. The molecule has 1 aliphatic carbocycles. The lowest BCUT2D eigenvalue weighted by atomic mass is 9.85. The van der Waals surface area contributed by atoms with Gasteiger partial charge in [-0.1, -0.05) is 115 Å². The van der Waals surface area contributed by atoms with Gasteiger partial charge in [-0.2, -0.15) is 0 Å². The summed E-state index contributed by atoms with van der Waals surface area (Å²) in [6, 6.07) is 0. The molecule has 336 valence electrons. The average molecular weight is 847 g/mol. The van der Waals surface area contributed by atoms with Gasteiger partial charge in [-0.15, -0.1) is 0 Å². The van der Waals surface area contributed by atoms with Crippen molar-refractivity contribution in [2.75, 3.05) is 13.2 Å². The van der Waals surface area contributed by atoms with Gasteiger partial charge in [0.15, 0.2) is 11.9 Å². The number of aliphatic hydroxyl groups excluding tert-OH is 5. The standard InChI is InChI=1S/C43H75O14P/c1-3-5-7-9-11-12-13-14-15-16-18-22-27-31-37(46)56-35(33-55-58(52,53)57-43-41(50)39(48)38(47)40(49)42(43)51)32-54-36(45)30-26-23-19-21-25-29-34(44)28-24-20-17-10-8-6-4-2/h12-13,17,20,24,28,35,38-43,47-51H,3-11,14-16,18-19,21-23,25-27,29-33H2,1-2H3,(H,52,53)/b13-12-,20-17-,28-24+/t35-,38?,39-,40+,41-,42-,43?/m1/s1. The molecule has 14 nitrogen and oxygen atoms in total. The molecule has 0 bridgehead atoms. The van der Waals surface area contributed by atoms with Crippen LogP contribution in [0.3, 0.4) is 0 Å². The largest absolute Gasteiger partial charge is 0.472 e. The minimum Gasteiger partial charge on any atom is -0.462 e. The van der Waals surface area contributed by atoms with Crippen molar-refractivity contribution < 1.29 is 67.9 Å². The summed E-state index contributed by atoms with van der Waals surface area (Å²) >= 11 is 0. The maximum atomic E-state index is 12.8. The molecule has 1 aliphatic rings. The highest BCUT2D eigenvalue weighted by Crippen LogP contribution is 2.47. The predicted octanol–water partition coefficient (Wildman–Crippen LogP) is 7.01. The van der Waals surface area contributed by atoms with Crippen LogP contribution in [0.5, 0.6) is 0 Å². The fraction of sp³-hybridized carbons (Fsp3) is 0.791. The molecule has 0 heterocycles. The van der Waals surface area contributed by atoms with E-state index in [0.29, 0.717) is 19.3 Å². The van der Waals surface area contributed by atoms with Gasteiger partial charge in [0, 0.05) is 19.3 Å². The molecule has 8 atom stereocenters. The third kappa shape index (κ3) is 26.1. The molecule has 0 spiro atoms. The van der Waals surface area contributed by atoms with E-state index < -0.39 is 75.7 Å². The predicted molar refractivity (Wildman–Crippen MR) is 221 cm³/mol. The molecule has 6 N–H and O–H groups in total. The van der Waals surface area contributed by atoms with E-state index in [4.69, 9.17) is 18.5 Å². The molecule has 0 saturated heterocycles. The number of allylic oxidation sites excluding steroid dienone is 6. The van der Waals surface area contributed by atoms with E-state index in [9.17, 15) is 49.4 Å². The van der Waals surface area contributed by atoms with Crippen LogP contribution in [0.1, 0.15) is 162 Å². The number of aliphatic hydroxyl groups is 5. The topological polar surface area (TPSA) is 227 Å². The number of hydrogen-bond donors (Lipinski definition) is 6. The van der Waals surface area contributed by atoms with Crippen molar-refractivity contribution in [3.63, 3.8) is 0 Å². The lowest BCUT2D eigenvalue weighted by molar-refractivity contribution is -0.220. The fourth-order valence-corrected chi connectivity index (χ4v) is 7.29. The Morgan fingerprint density at radius 3 is 1.64 bits per heavy atom. The molecule has 3 unspecified atom stereocenters. The molecule has 1 rings (SSSR count). The van der Waals surface area contributed by atoms with Gasteiger partial charge in [-0.3, -0.25) is 23.4 Å². The smallest absolute Gasteiger partial charge is 0.462 e. The van der Waals surface area contributed by atoms with Crippen molar-refractivity contribution in [2.45, 2.75) is 204 Å². The van der Waals surface area contributed by atoms with Crippen LogP contribution in [-0.4, -0.2) is 104 Å². The lowest BCUT2D eigenvalue weighted by Gasteiger charge is -2.41. The van der Waals surface area contributed by atoms with Gasteiger partial charge in [-0.25, -0.2) is 4.57 Å². The second-order valence-corrected chi connectivity index (χ2v) is 16.6. The highest BCUT2D eigenvalue weighted by Gasteiger charge is 2.51. The van der Waals surface area contributed by atoms with Crippen molar-refractivity contribution >= 4 is 25.5 Å². The molecular weight excluding hydrogens is 771 g/mol. The van der Waals surface area contributed by atoms with Crippen LogP contribution < -0.4 is 0 Å². The molecule has 0 aromatic heterocycles. The number of phosphoric acid groups is 1. The van der Waals surface area contributed by atoms with Crippen molar-refractivity contribution in [3.8, 4) is 0 Å². The number of unbranched alkanes of at least 4 members (excludes halogenated alkanes) is 16. The summed E-state index contributed by atoms with van der Waals surface area (Å²) in [5.74, 6) is -1.13. The first-order chi connectivity index (χ1) is 27.8. The summed E-state index contributed by atoms with van der Waals surface area (Å²) in [6.07, 6.45) is 18.8. The van der Waals surface area contributed by atoms with Gasteiger partial charge in [0.2, 0.25) is 0 Å². The third-order valence-electron chi connectivity index (χ3n) is 9.93. The van der Waals surface area contributed by atoms with Crippen LogP contribution in [0.2, 0.25) is 0 Å². The number of phosphoric ester groups is 1. The summed E-state index contributed by atoms with van der Waals surface area (Å²) < 4.78 is 33.3. The van der Waals surface area contributed by atoms with E-state index in [0.717, 1.165) is 77.0 Å². The van der Waals surface area contributed by atoms with Crippen molar-refractivity contribution in [1.82, 2.24) is 0 Å². The summed E-state index contributed by atoms with van der Waals surface area (Å²) in [6.45, 7) is 3.10. The highest BCUT2D eigenvalue weighted by molar-refractivity contribution is 7.47. The molecule has 1 fully saturated rings. The van der Waals surface area contributed by atoms with E-state index in [1.165, 1.54) is 38.5 Å². The monoisotopic (exact) mass is 846 g/mol. The summed E-state index contributed by atoms with van der Waals surface area (Å²) in [7, 11) is -5.14. The Balaban J connectivity index is 2.53. The molecule has 15 heteroatoms. The number of carbonyl (C=O) groups excluding carboxylic acids is 3. The van der Waals surface area contributed by atoms with Crippen molar-refractivity contribution in [1.29, 1.82) is 0 Å². The minimum absolute atomic E-state index is 0.0615. The normalized spacial score (nSPS) is 22.8. The summed E-state index contributed by atoms with van der Waals surface area (Å²) in [5, 5.41) is 50.0. The highest BCUT2D eigenvalue weighted by atomic mass is 31.2.